The Morgan fingerprint density at radius 1 is 1.15 bits per heavy atom. The van der Waals surface area contributed by atoms with Crippen LogP contribution >= 0.6 is 15.9 Å². The normalized spacial score (nSPS) is 11.5. The second-order valence-electron chi connectivity index (χ2n) is 7.06. The molecule has 0 aliphatic carbocycles. The van der Waals surface area contributed by atoms with Gasteiger partial charge >= 0.3 is 5.69 Å². The Labute approximate surface area is 196 Å². The van der Waals surface area contributed by atoms with Crippen molar-refractivity contribution in [2.45, 2.75) is 6.42 Å². The maximum Gasteiger partial charge on any atom is 0.335 e. The van der Waals surface area contributed by atoms with Crippen molar-refractivity contribution in [1.29, 1.82) is 0 Å². The first-order chi connectivity index (χ1) is 16.0. The van der Waals surface area contributed by atoms with Crippen molar-refractivity contribution in [3.8, 4) is 17.3 Å². The summed E-state index contributed by atoms with van der Waals surface area (Å²) in [6, 6.07) is 13.7. The Morgan fingerprint density at radius 3 is 2.52 bits per heavy atom. The predicted octanol–water partition coefficient (Wildman–Crippen LogP) is 2.81. The number of H-pyrrole nitrogens is 2. The van der Waals surface area contributed by atoms with E-state index in [1.165, 1.54) is 0 Å². The van der Waals surface area contributed by atoms with Gasteiger partial charge in [-0.05, 0) is 48.5 Å². The summed E-state index contributed by atoms with van der Waals surface area (Å²) in [5.74, 6) is 0.135. The summed E-state index contributed by atoms with van der Waals surface area (Å²) < 4.78 is 7.06. The van der Waals surface area contributed by atoms with E-state index in [1.807, 2.05) is 0 Å². The molecule has 9 nitrogen and oxygen atoms in total. The zero-order valence-corrected chi connectivity index (χ0v) is 19.2. The van der Waals surface area contributed by atoms with Gasteiger partial charge in [-0.15, -0.1) is 0 Å². The van der Waals surface area contributed by atoms with Gasteiger partial charge in [0.25, 0.3) is 5.56 Å². The van der Waals surface area contributed by atoms with Crippen LogP contribution in [0.5, 0.6) is 11.6 Å². The Hall–Kier alpha value is -3.92. The van der Waals surface area contributed by atoms with Crippen molar-refractivity contribution in [1.82, 2.24) is 19.5 Å². The van der Waals surface area contributed by atoms with Crippen LogP contribution in [-0.2, 0) is 6.42 Å². The highest BCUT2D eigenvalue weighted by atomic mass is 79.9. The summed E-state index contributed by atoms with van der Waals surface area (Å²) in [4.78, 5) is 39.4. The second kappa shape index (κ2) is 9.70. The Bertz CT molecular complexity index is 1390. The highest BCUT2D eigenvalue weighted by Gasteiger charge is 2.21. The predicted molar refractivity (Wildman–Crippen MR) is 128 cm³/mol. The monoisotopic (exact) mass is 509 g/mol. The number of hydrogen-bond donors (Lipinski definition) is 3. The molecule has 2 aromatic carbocycles. The highest BCUT2D eigenvalue weighted by molar-refractivity contribution is 9.10. The number of nitrogens with one attached hydrogen (secondary N) is 2. The third kappa shape index (κ3) is 4.80. The summed E-state index contributed by atoms with van der Waals surface area (Å²) in [5.41, 5.74) is 0.518. The van der Waals surface area contributed by atoms with E-state index in [9.17, 15) is 14.7 Å². The van der Waals surface area contributed by atoms with Crippen LogP contribution in [-0.4, -0.2) is 44.0 Å². The molecule has 2 aromatic heterocycles. The summed E-state index contributed by atoms with van der Waals surface area (Å²) in [5, 5.41) is 11.1. The molecule has 3 N–H and O–H groups in total. The minimum atomic E-state index is -0.755. The molecule has 168 valence electrons. The molecule has 4 rings (SSSR count). The lowest BCUT2D eigenvalue weighted by Gasteiger charge is -2.14. The van der Waals surface area contributed by atoms with Crippen LogP contribution in [0.2, 0.25) is 0 Å². The van der Waals surface area contributed by atoms with Crippen LogP contribution < -0.4 is 16.0 Å². The largest absolute Gasteiger partial charge is 0.497 e. The Morgan fingerprint density at radius 2 is 1.88 bits per heavy atom. The van der Waals surface area contributed by atoms with E-state index in [4.69, 9.17) is 4.74 Å². The van der Waals surface area contributed by atoms with E-state index >= 15 is 0 Å². The number of halogens is 1. The summed E-state index contributed by atoms with van der Waals surface area (Å²) in [6.07, 6.45) is 3.82. The number of aromatic nitrogens is 4. The van der Waals surface area contributed by atoms with Crippen LogP contribution in [0.25, 0.3) is 5.69 Å². The molecule has 0 saturated heterocycles. The fourth-order valence-electron chi connectivity index (χ4n) is 3.34. The zero-order valence-electron chi connectivity index (χ0n) is 17.6. The molecule has 0 radical (unpaired) electrons. The van der Waals surface area contributed by atoms with Gasteiger partial charge in [-0.2, -0.15) is 0 Å². The lowest BCUT2D eigenvalue weighted by Crippen LogP contribution is -2.33. The molecular weight excluding hydrogens is 490 g/mol. The standard InChI is InChI=1S/C23H20BrN5O4/c1-33-18-8-2-14(3-9-18)20(26-11-10-16-12-25-13-27-16)19-21(30)28-23(32)29(22(19)31)17-6-4-15(24)5-7-17/h2-9,12-13,31H,10-11H2,1H3,(H,25,27)(H,28,30,32). The maximum atomic E-state index is 12.9. The zero-order chi connectivity index (χ0) is 23.4. The number of nitrogens with zero attached hydrogens (tertiary/aromatic N) is 3. The van der Waals surface area contributed by atoms with Crippen molar-refractivity contribution in [2.24, 2.45) is 4.99 Å². The quantitative estimate of drug-likeness (QED) is 0.330. The van der Waals surface area contributed by atoms with Gasteiger partial charge in [0.05, 0.1) is 24.8 Å². The fraction of sp³-hybridized carbons (Fsp3) is 0.130. The first kappa shape index (κ1) is 22.3. The maximum absolute atomic E-state index is 12.9. The highest BCUT2D eigenvalue weighted by Crippen LogP contribution is 2.22. The average Bonchev–Trinajstić information content (AvgIpc) is 3.33. The molecule has 0 atom stereocenters. The SMILES string of the molecule is COc1ccc(C(=NCCc2cnc[nH]2)c2c(O)n(-c3ccc(Br)cc3)c(=O)[nH]c2=O)cc1. The number of hydrogen-bond acceptors (Lipinski definition) is 6. The van der Waals surface area contributed by atoms with E-state index in [2.05, 4.69) is 35.9 Å². The van der Waals surface area contributed by atoms with Gasteiger partial charge in [-0.25, -0.2) is 14.3 Å². The van der Waals surface area contributed by atoms with Crippen LogP contribution in [0.15, 0.2) is 80.1 Å². The van der Waals surface area contributed by atoms with E-state index in [0.29, 0.717) is 30.0 Å². The van der Waals surface area contributed by atoms with Crippen molar-refractivity contribution in [3.05, 3.63) is 103 Å². The van der Waals surface area contributed by atoms with Crippen molar-refractivity contribution in [2.75, 3.05) is 13.7 Å². The lowest BCUT2D eigenvalue weighted by molar-refractivity contribution is 0.415. The molecule has 33 heavy (non-hydrogen) atoms. The van der Waals surface area contributed by atoms with Gasteiger partial charge in [0, 0.05) is 34.9 Å². The number of imidazole rings is 1. The molecule has 4 aromatic rings. The van der Waals surface area contributed by atoms with Gasteiger partial charge in [0.15, 0.2) is 0 Å². The van der Waals surface area contributed by atoms with Crippen molar-refractivity contribution < 1.29 is 9.84 Å². The Kier molecular flexibility index (Phi) is 6.55. The topological polar surface area (TPSA) is 125 Å². The van der Waals surface area contributed by atoms with Crippen LogP contribution in [0.3, 0.4) is 0 Å². The number of aromatic amines is 2. The van der Waals surface area contributed by atoms with E-state index in [-0.39, 0.29) is 11.3 Å². The molecule has 0 aliphatic rings. The second-order valence-corrected chi connectivity index (χ2v) is 7.97. The molecular formula is C23H20BrN5O4. The summed E-state index contributed by atoms with van der Waals surface area (Å²) >= 11 is 3.35. The molecule has 0 saturated carbocycles. The van der Waals surface area contributed by atoms with Crippen molar-refractivity contribution in [3.63, 3.8) is 0 Å². The minimum Gasteiger partial charge on any atom is -0.497 e. The first-order valence-corrected chi connectivity index (χ1v) is 10.8. The molecule has 0 bridgehead atoms. The van der Waals surface area contributed by atoms with Gasteiger partial charge < -0.3 is 14.8 Å². The number of rotatable bonds is 7. The third-order valence-electron chi connectivity index (χ3n) is 4.98. The number of methoxy groups -OCH3 is 1. The molecule has 0 fully saturated rings. The molecule has 0 unspecified atom stereocenters. The summed E-state index contributed by atoms with van der Waals surface area (Å²) in [6.45, 7) is 0.319. The van der Waals surface area contributed by atoms with Gasteiger partial charge in [-0.3, -0.25) is 14.8 Å². The van der Waals surface area contributed by atoms with Crippen molar-refractivity contribution >= 4 is 21.6 Å². The molecule has 0 amide bonds. The van der Waals surface area contributed by atoms with Crippen LogP contribution in [0.4, 0.5) is 0 Å². The molecule has 2 heterocycles. The minimum absolute atomic E-state index is 0.104. The smallest absolute Gasteiger partial charge is 0.335 e. The van der Waals surface area contributed by atoms with Gasteiger partial charge in [-0.1, -0.05) is 15.9 Å². The average molecular weight is 510 g/mol. The molecule has 10 heteroatoms. The number of ether oxygens (including phenoxy) is 1. The Balaban J connectivity index is 1.86. The van der Waals surface area contributed by atoms with E-state index in [0.717, 1.165) is 14.7 Å². The third-order valence-corrected chi connectivity index (χ3v) is 5.51. The fourth-order valence-corrected chi connectivity index (χ4v) is 3.61. The summed E-state index contributed by atoms with van der Waals surface area (Å²) in [7, 11) is 1.55. The first-order valence-electron chi connectivity index (χ1n) is 9.98. The van der Waals surface area contributed by atoms with E-state index < -0.39 is 17.1 Å². The van der Waals surface area contributed by atoms with Gasteiger partial charge in [0.1, 0.15) is 11.3 Å². The molecule has 0 aliphatic heterocycles. The lowest BCUT2D eigenvalue weighted by atomic mass is 10.0. The number of benzene rings is 2. The van der Waals surface area contributed by atoms with Crippen LogP contribution in [0.1, 0.15) is 16.8 Å². The van der Waals surface area contributed by atoms with Crippen LogP contribution in [0, 0.1) is 0 Å². The molecule has 0 spiro atoms. The van der Waals surface area contributed by atoms with Gasteiger partial charge in [0.2, 0.25) is 5.88 Å². The number of aromatic hydroxyl groups is 1. The number of aliphatic imine (C=N–C) groups is 1. The van der Waals surface area contributed by atoms with E-state index in [1.54, 1.807) is 68.2 Å².